The molecule has 1 heterocycles. The number of amides is 1. The van der Waals surface area contributed by atoms with Gasteiger partial charge in [0.2, 0.25) is 0 Å². The van der Waals surface area contributed by atoms with Crippen LogP contribution in [0.25, 0.3) is 0 Å². The molecule has 1 N–H and O–H groups in total. The smallest absolute Gasteiger partial charge is 0.268 e. The van der Waals surface area contributed by atoms with E-state index in [1.807, 2.05) is 47.3 Å². The molecule has 0 aliphatic heterocycles. The fourth-order valence-corrected chi connectivity index (χ4v) is 2.59. The van der Waals surface area contributed by atoms with Crippen molar-refractivity contribution < 1.29 is 4.79 Å². The van der Waals surface area contributed by atoms with Crippen LogP contribution in [0.15, 0.2) is 72.1 Å². The van der Waals surface area contributed by atoms with Gasteiger partial charge in [0.25, 0.3) is 5.91 Å². The predicted molar refractivity (Wildman–Crippen MR) is 103 cm³/mol. The van der Waals surface area contributed by atoms with E-state index in [4.69, 9.17) is 0 Å². The van der Waals surface area contributed by atoms with Gasteiger partial charge in [0.15, 0.2) is 0 Å². The summed E-state index contributed by atoms with van der Waals surface area (Å²) in [7, 11) is 0. The van der Waals surface area contributed by atoms with Gasteiger partial charge in [0.1, 0.15) is 0 Å². The first-order valence-corrected chi connectivity index (χ1v) is 8.61. The molecule has 5 heteroatoms. The number of benzene rings is 2. The monoisotopic (exact) mass is 346 g/mol. The third kappa shape index (κ3) is 4.66. The summed E-state index contributed by atoms with van der Waals surface area (Å²) in [6.45, 7) is 4.94. The fraction of sp³-hybridized carbons (Fsp3) is 0.190. The summed E-state index contributed by atoms with van der Waals surface area (Å²) in [5.41, 5.74) is 6.38. The molecule has 1 amide bonds. The third-order valence-corrected chi connectivity index (χ3v) is 4.08. The van der Waals surface area contributed by atoms with Gasteiger partial charge in [-0.15, -0.1) is 0 Å². The zero-order valence-electron chi connectivity index (χ0n) is 15.0. The molecule has 2 aromatic carbocycles. The van der Waals surface area contributed by atoms with Crippen LogP contribution in [0.3, 0.4) is 0 Å². The van der Waals surface area contributed by atoms with Crippen molar-refractivity contribution in [3.05, 3.63) is 89.2 Å². The molecule has 132 valence electrons. The van der Waals surface area contributed by atoms with E-state index >= 15 is 0 Å². The van der Waals surface area contributed by atoms with Crippen molar-refractivity contribution in [2.24, 2.45) is 5.10 Å². The van der Waals surface area contributed by atoms with Crippen LogP contribution in [0.1, 0.15) is 46.8 Å². The second kappa shape index (κ2) is 8.25. The number of carbonyl (C=O) groups excluding carboxylic acids is 1. The first-order valence-electron chi connectivity index (χ1n) is 8.61. The third-order valence-electron chi connectivity index (χ3n) is 4.08. The Balaban J connectivity index is 1.61. The standard InChI is InChI=1S/C21H22N4O/c1-16(2)19-9-7-17(8-10-19)14-22-24-21(26)20-6-3-5-18(13-20)15-25-12-4-11-23-25/h3-14,16H,15H2,1-2H3,(H,24,26). The molecule has 0 aliphatic carbocycles. The van der Waals surface area contributed by atoms with Crippen molar-refractivity contribution in [2.75, 3.05) is 0 Å². The van der Waals surface area contributed by atoms with Gasteiger partial charge in [0, 0.05) is 18.0 Å². The molecule has 0 spiro atoms. The topological polar surface area (TPSA) is 59.3 Å². The molecule has 26 heavy (non-hydrogen) atoms. The highest BCUT2D eigenvalue weighted by Gasteiger charge is 2.05. The number of nitrogens with one attached hydrogen (secondary N) is 1. The van der Waals surface area contributed by atoms with E-state index in [1.165, 1.54) is 5.56 Å². The largest absolute Gasteiger partial charge is 0.271 e. The fourth-order valence-electron chi connectivity index (χ4n) is 2.59. The van der Waals surface area contributed by atoms with Crippen molar-refractivity contribution in [2.45, 2.75) is 26.3 Å². The van der Waals surface area contributed by atoms with Crippen LogP contribution in [0.5, 0.6) is 0 Å². The number of carbonyl (C=O) groups is 1. The highest BCUT2D eigenvalue weighted by molar-refractivity contribution is 5.95. The van der Waals surface area contributed by atoms with Crippen LogP contribution in [0, 0.1) is 0 Å². The molecule has 5 nitrogen and oxygen atoms in total. The van der Waals surface area contributed by atoms with Crippen molar-refractivity contribution in [1.29, 1.82) is 0 Å². The molecule has 3 aromatic rings. The van der Waals surface area contributed by atoms with E-state index in [9.17, 15) is 4.79 Å². The van der Waals surface area contributed by atoms with Gasteiger partial charge in [-0.05, 0) is 40.8 Å². The lowest BCUT2D eigenvalue weighted by atomic mass is 10.0. The minimum atomic E-state index is -0.234. The number of rotatable bonds is 6. The Morgan fingerprint density at radius 1 is 1.19 bits per heavy atom. The summed E-state index contributed by atoms with van der Waals surface area (Å²) < 4.78 is 1.82. The second-order valence-corrected chi connectivity index (χ2v) is 6.42. The Bertz CT molecular complexity index is 881. The zero-order valence-corrected chi connectivity index (χ0v) is 15.0. The van der Waals surface area contributed by atoms with Crippen molar-refractivity contribution in [3.63, 3.8) is 0 Å². The maximum atomic E-state index is 12.3. The summed E-state index contributed by atoms with van der Waals surface area (Å²) in [4.78, 5) is 12.3. The summed E-state index contributed by atoms with van der Waals surface area (Å²) in [5.74, 6) is 0.261. The molecular formula is C21H22N4O. The maximum absolute atomic E-state index is 12.3. The SMILES string of the molecule is CC(C)c1ccc(C=NNC(=O)c2cccc(Cn3cccn3)c2)cc1. The van der Waals surface area contributed by atoms with Gasteiger partial charge < -0.3 is 0 Å². The van der Waals surface area contributed by atoms with Crippen LogP contribution in [-0.4, -0.2) is 21.9 Å². The molecule has 0 atom stereocenters. The normalized spacial score (nSPS) is 11.2. The molecule has 0 saturated carbocycles. The highest BCUT2D eigenvalue weighted by atomic mass is 16.2. The summed E-state index contributed by atoms with van der Waals surface area (Å²) in [5, 5.41) is 8.23. The lowest BCUT2D eigenvalue weighted by Crippen LogP contribution is -2.18. The van der Waals surface area contributed by atoms with E-state index in [0.29, 0.717) is 18.0 Å². The highest BCUT2D eigenvalue weighted by Crippen LogP contribution is 2.13. The quantitative estimate of drug-likeness (QED) is 0.545. The average molecular weight is 346 g/mol. The van der Waals surface area contributed by atoms with E-state index in [1.54, 1.807) is 18.5 Å². The van der Waals surface area contributed by atoms with Crippen LogP contribution < -0.4 is 5.43 Å². The van der Waals surface area contributed by atoms with E-state index in [0.717, 1.165) is 11.1 Å². The molecule has 0 unspecified atom stereocenters. The average Bonchev–Trinajstić information content (AvgIpc) is 3.15. The van der Waals surface area contributed by atoms with Gasteiger partial charge in [0.05, 0.1) is 12.8 Å². The van der Waals surface area contributed by atoms with Crippen LogP contribution in [0.2, 0.25) is 0 Å². The zero-order chi connectivity index (χ0) is 18.4. The van der Waals surface area contributed by atoms with E-state index in [2.05, 4.69) is 41.6 Å². The van der Waals surface area contributed by atoms with Crippen LogP contribution in [0.4, 0.5) is 0 Å². The molecule has 0 radical (unpaired) electrons. The Hall–Kier alpha value is -3.21. The lowest BCUT2D eigenvalue weighted by Gasteiger charge is -2.05. The predicted octanol–water partition coefficient (Wildman–Crippen LogP) is 3.82. The Labute approximate surface area is 153 Å². The number of hydrogen-bond donors (Lipinski definition) is 1. The summed E-state index contributed by atoms with van der Waals surface area (Å²) in [6, 6.07) is 17.5. The van der Waals surface area contributed by atoms with Gasteiger partial charge in [-0.2, -0.15) is 10.2 Å². The van der Waals surface area contributed by atoms with Crippen molar-refractivity contribution >= 4 is 12.1 Å². The van der Waals surface area contributed by atoms with Crippen LogP contribution in [-0.2, 0) is 6.54 Å². The van der Waals surface area contributed by atoms with E-state index < -0.39 is 0 Å². The molecule has 0 bridgehead atoms. The minimum Gasteiger partial charge on any atom is -0.268 e. The Morgan fingerprint density at radius 3 is 2.69 bits per heavy atom. The molecule has 3 rings (SSSR count). The summed E-state index contributed by atoms with van der Waals surface area (Å²) >= 11 is 0. The second-order valence-electron chi connectivity index (χ2n) is 6.42. The molecular weight excluding hydrogens is 324 g/mol. The Morgan fingerprint density at radius 2 is 2.00 bits per heavy atom. The Kier molecular flexibility index (Phi) is 5.59. The number of hydrogen-bond acceptors (Lipinski definition) is 3. The molecule has 0 aliphatic rings. The summed E-state index contributed by atoms with van der Waals surface area (Å²) in [6.07, 6.45) is 5.27. The minimum absolute atomic E-state index is 0.234. The number of aromatic nitrogens is 2. The molecule has 1 aromatic heterocycles. The van der Waals surface area contributed by atoms with E-state index in [-0.39, 0.29) is 5.91 Å². The van der Waals surface area contributed by atoms with Gasteiger partial charge in [-0.1, -0.05) is 50.2 Å². The van der Waals surface area contributed by atoms with Gasteiger partial charge in [-0.3, -0.25) is 9.48 Å². The lowest BCUT2D eigenvalue weighted by molar-refractivity contribution is 0.0955. The first kappa shape index (κ1) is 17.6. The van der Waals surface area contributed by atoms with Gasteiger partial charge >= 0.3 is 0 Å². The number of hydrazone groups is 1. The van der Waals surface area contributed by atoms with Crippen LogP contribution >= 0.6 is 0 Å². The first-order chi connectivity index (χ1) is 12.6. The van der Waals surface area contributed by atoms with Crippen molar-refractivity contribution in [3.8, 4) is 0 Å². The maximum Gasteiger partial charge on any atom is 0.271 e. The van der Waals surface area contributed by atoms with Crippen molar-refractivity contribution in [1.82, 2.24) is 15.2 Å². The van der Waals surface area contributed by atoms with Gasteiger partial charge in [-0.25, -0.2) is 5.43 Å². The number of nitrogens with zero attached hydrogens (tertiary/aromatic N) is 3. The molecule has 0 saturated heterocycles. The molecule has 0 fully saturated rings.